The van der Waals surface area contributed by atoms with Gasteiger partial charge in [-0.15, -0.1) is 0 Å². The summed E-state index contributed by atoms with van der Waals surface area (Å²) in [4.78, 5) is 22.2. The van der Waals surface area contributed by atoms with Crippen molar-refractivity contribution in [3.8, 4) is 0 Å². The average Bonchev–Trinajstić information content (AvgIpc) is 2.36. The van der Waals surface area contributed by atoms with Crippen LogP contribution in [0.4, 0.5) is 11.4 Å². The van der Waals surface area contributed by atoms with Gasteiger partial charge in [0.2, 0.25) is 0 Å². The molecule has 0 bridgehead atoms. The summed E-state index contributed by atoms with van der Waals surface area (Å²) < 4.78 is 0. The van der Waals surface area contributed by atoms with Crippen molar-refractivity contribution < 1.29 is 9.72 Å². The van der Waals surface area contributed by atoms with E-state index in [0.717, 1.165) is 12.5 Å². The number of nitrogens with zero attached hydrogens (tertiary/aromatic N) is 1. The van der Waals surface area contributed by atoms with Crippen molar-refractivity contribution in [2.75, 3.05) is 12.0 Å². The molecule has 8 heteroatoms. The van der Waals surface area contributed by atoms with Gasteiger partial charge in [-0.3, -0.25) is 20.8 Å². The minimum absolute atomic E-state index is 0.0182. The molecule has 4 N–H and O–H groups in total. The maximum Gasteiger partial charge on any atom is 0.295 e. The molecule has 0 saturated carbocycles. The van der Waals surface area contributed by atoms with Crippen LogP contribution in [0.1, 0.15) is 30.6 Å². The highest BCUT2D eigenvalue weighted by atomic mass is 35.5. The van der Waals surface area contributed by atoms with Crippen molar-refractivity contribution in [3.05, 3.63) is 32.8 Å². The highest BCUT2D eigenvalue weighted by Gasteiger charge is 2.20. The molecule has 0 unspecified atom stereocenters. The molecule has 0 aliphatic carbocycles. The molecular formula is C12H17ClN4O3. The van der Waals surface area contributed by atoms with Crippen LogP contribution in [0, 0.1) is 16.0 Å². The Balaban J connectivity index is 2.96. The fraction of sp³-hybridized carbons (Fsp3) is 0.417. The summed E-state index contributed by atoms with van der Waals surface area (Å²) in [5.74, 6) is 5.24. The van der Waals surface area contributed by atoms with E-state index < -0.39 is 10.8 Å². The van der Waals surface area contributed by atoms with Crippen LogP contribution >= 0.6 is 11.6 Å². The summed E-state index contributed by atoms with van der Waals surface area (Å²) >= 11 is 5.88. The van der Waals surface area contributed by atoms with E-state index in [4.69, 9.17) is 17.4 Å². The van der Waals surface area contributed by atoms with Crippen LogP contribution in [0.25, 0.3) is 0 Å². The van der Waals surface area contributed by atoms with Gasteiger partial charge in [0.25, 0.3) is 11.6 Å². The van der Waals surface area contributed by atoms with Gasteiger partial charge in [-0.1, -0.05) is 25.4 Å². The fourth-order valence-corrected chi connectivity index (χ4v) is 1.86. The number of carbonyl (C=O) groups excluding carboxylic acids is 1. The van der Waals surface area contributed by atoms with Gasteiger partial charge < -0.3 is 10.7 Å². The lowest BCUT2D eigenvalue weighted by Crippen LogP contribution is -2.25. The van der Waals surface area contributed by atoms with E-state index in [9.17, 15) is 14.9 Å². The number of carbonyl (C=O) groups is 1. The second-order valence-corrected chi connectivity index (χ2v) is 5.10. The topological polar surface area (TPSA) is 110 Å². The normalized spacial score (nSPS) is 10.4. The van der Waals surface area contributed by atoms with Crippen molar-refractivity contribution in [2.45, 2.75) is 20.3 Å². The molecule has 110 valence electrons. The summed E-state index contributed by atoms with van der Waals surface area (Å²) in [6.45, 7) is 4.57. The summed E-state index contributed by atoms with van der Waals surface area (Å²) in [7, 11) is 0. The Bertz CT molecular complexity index is 520. The van der Waals surface area contributed by atoms with E-state index in [2.05, 4.69) is 10.7 Å². The number of nitro benzene ring substituents is 1. The van der Waals surface area contributed by atoms with E-state index >= 15 is 0 Å². The molecule has 1 amide bonds. The molecule has 0 fully saturated rings. The highest BCUT2D eigenvalue weighted by Crippen LogP contribution is 2.32. The smallest absolute Gasteiger partial charge is 0.295 e. The van der Waals surface area contributed by atoms with Crippen LogP contribution in [0.2, 0.25) is 5.02 Å². The fourth-order valence-electron chi connectivity index (χ4n) is 1.59. The van der Waals surface area contributed by atoms with Crippen molar-refractivity contribution in [2.24, 2.45) is 11.8 Å². The molecular weight excluding hydrogens is 284 g/mol. The molecule has 0 aromatic heterocycles. The number of hydrogen-bond acceptors (Lipinski definition) is 5. The quantitative estimate of drug-likeness (QED) is 0.424. The van der Waals surface area contributed by atoms with Crippen LogP contribution < -0.4 is 16.6 Å². The molecule has 1 aromatic rings. The van der Waals surface area contributed by atoms with Crippen LogP contribution in [-0.2, 0) is 0 Å². The molecule has 7 nitrogen and oxygen atoms in total. The first-order chi connectivity index (χ1) is 9.36. The molecule has 20 heavy (non-hydrogen) atoms. The SMILES string of the molecule is CC(C)CCNC(=O)c1cc(Cl)c(NN)c([N+](=O)[O-])c1. The summed E-state index contributed by atoms with van der Waals surface area (Å²) in [6.07, 6.45) is 0.823. The Hall–Kier alpha value is -1.86. The lowest BCUT2D eigenvalue weighted by atomic mass is 10.1. The van der Waals surface area contributed by atoms with Crippen LogP contribution in [0.5, 0.6) is 0 Å². The zero-order valence-corrected chi connectivity index (χ0v) is 12.0. The minimum Gasteiger partial charge on any atom is -0.352 e. The van der Waals surface area contributed by atoms with Crippen molar-refractivity contribution in [3.63, 3.8) is 0 Å². The van der Waals surface area contributed by atoms with Gasteiger partial charge in [0, 0.05) is 18.2 Å². The van der Waals surface area contributed by atoms with Gasteiger partial charge >= 0.3 is 0 Å². The maximum atomic E-state index is 11.9. The number of anilines is 1. The molecule has 0 spiro atoms. The van der Waals surface area contributed by atoms with E-state index in [1.165, 1.54) is 6.07 Å². The second-order valence-electron chi connectivity index (χ2n) is 4.69. The third-order valence-corrected chi connectivity index (χ3v) is 2.98. The minimum atomic E-state index is -0.647. The van der Waals surface area contributed by atoms with E-state index in [1.54, 1.807) is 0 Å². The number of nitrogen functional groups attached to an aromatic ring is 1. The largest absolute Gasteiger partial charge is 0.352 e. The second kappa shape index (κ2) is 7.06. The number of halogens is 1. The number of nitrogens with two attached hydrogens (primary N) is 1. The number of amides is 1. The maximum absolute atomic E-state index is 11.9. The molecule has 1 aromatic carbocycles. The van der Waals surface area contributed by atoms with Crippen molar-refractivity contribution >= 4 is 28.9 Å². The Morgan fingerprint density at radius 1 is 1.50 bits per heavy atom. The monoisotopic (exact) mass is 300 g/mol. The van der Waals surface area contributed by atoms with E-state index in [1.807, 2.05) is 13.8 Å². The van der Waals surface area contributed by atoms with E-state index in [0.29, 0.717) is 12.5 Å². The van der Waals surface area contributed by atoms with Crippen LogP contribution in [0.3, 0.4) is 0 Å². The lowest BCUT2D eigenvalue weighted by molar-refractivity contribution is -0.384. The van der Waals surface area contributed by atoms with Gasteiger partial charge in [0.05, 0.1) is 9.95 Å². The zero-order chi connectivity index (χ0) is 15.3. The summed E-state index contributed by atoms with van der Waals surface area (Å²) in [5.41, 5.74) is 1.94. The van der Waals surface area contributed by atoms with Gasteiger partial charge in [0.1, 0.15) is 5.69 Å². The molecule has 0 heterocycles. The molecule has 1 rings (SSSR count). The van der Waals surface area contributed by atoms with E-state index in [-0.39, 0.29) is 22.0 Å². The Labute approximate surface area is 121 Å². The van der Waals surface area contributed by atoms with Crippen LogP contribution in [-0.4, -0.2) is 17.4 Å². The predicted molar refractivity (Wildman–Crippen MR) is 77.7 cm³/mol. The Morgan fingerprint density at radius 3 is 2.65 bits per heavy atom. The number of hydrazine groups is 1. The van der Waals surface area contributed by atoms with Crippen molar-refractivity contribution in [1.29, 1.82) is 0 Å². The average molecular weight is 301 g/mol. The molecule has 0 radical (unpaired) electrons. The number of nitrogens with one attached hydrogen (secondary N) is 2. The molecule has 0 atom stereocenters. The number of rotatable bonds is 6. The number of hydrogen-bond donors (Lipinski definition) is 3. The molecule has 0 aliphatic heterocycles. The summed E-state index contributed by atoms with van der Waals surface area (Å²) in [6, 6.07) is 2.49. The Morgan fingerprint density at radius 2 is 2.15 bits per heavy atom. The standard InChI is InChI=1S/C12H17ClN4O3/c1-7(2)3-4-15-12(18)8-5-9(13)11(16-14)10(6-8)17(19)20/h5-7,16H,3-4,14H2,1-2H3,(H,15,18). The lowest BCUT2D eigenvalue weighted by Gasteiger charge is -2.09. The molecule has 0 saturated heterocycles. The predicted octanol–water partition coefficient (Wildman–Crippen LogP) is 2.31. The van der Waals surface area contributed by atoms with Crippen LogP contribution in [0.15, 0.2) is 12.1 Å². The first kappa shape index (κ1) is 16.2. The Kier molecular flexibility index (Phi) is 5.72. The first-order valence-electron chi connectivity index (χ1n) is 6.09. The van der Waals surface area contributed by atoms with Gasteiger partial charge in [-0.25, -0.2) is 0 Å². The number of nitro groups is 1. The van der Waals surface area contributed by atoms with Gasteiger partial charge in [0.15, 0.2) is 0 Å². The third-order valence-electron chi connectivity index (χ3n) is 2.68. The molecule has 0 aliphatic rings. The number of benzene rings is 1. The van der Waals surface area contributed by atoms with Gasteiger partial charge in [-0.2, -0.15) is 0 Å². The first-order valence-corrected chi connectivity index (χ1v) is 6.47. The van der Waals surface area contributed by atoms with Crippen molar-refractivity contribution in [1.82, 2.24) is 5.32 Å². The third kappa shape index (κ3) is 4.07. The summed E-state index contributed by atoms with van der Waals surface area (Å²) in [5, 5.41) is 13.6. The van der Waals surface area contributed by atoms with Gasteiger partial charge in [-0.05, 0) is 18.4 Å². The highest BCUT2D eigenvalue weighted by molar-refractivity contribution is 6.34. The zero-order valence-electron chi connectivity index (χ0n) is 11.3.